The highest BCUT2D eigenvalue weighted by atomic mass is 16.5. The van der Waals surface area contributed by atoms with Crippen molar-refractivity contribution in [3.05, 3.63) is 125 Å². The summed E-state index contributed by atoms with van der Waals surface area (Å²) in [5.74, 6) is 11.9. The molecule has 0 aromatic heterocycles. The third-order valence-corrected chi connectivity index (χ3v) is 7.73. The molecule has 228 valence electrons. The Morgan fingerprint density at radius 3 is 2.17 bits per heavy atom. The molecule has 1 aliphatic heterocycles. The lowest BCUT2D eigenvalue weighted by Crippen LogP contribution is -2.42. The van der Waals surface area contributed by atoms with Crippen LogP contribution in [0.3, 0.4) is 0 Å². The van der Waals surface area contributed by atoms with Crippen molar-refractivity contribution < 1.29 is 19.0 Å². The van der Waals surface area contributed by atoms with Crippen molar-refractivity contribution in [2.75, 3.05) is 31.3 Å². The first-order valence-electron chi connectivity index (χ1n) is 14.7. The van der Waals surface area contributed by atoms with Gasteiger partial charge in [0, 0.05) is 17.7 Å². The minimum absolute atomic E-state index is 0.0675. The first-order chi connectivity index (χ1) is 22.4. The van der Waals surface area contributed by atoms with E-state index in [-0.39, 0.29) is 32.3 Å². The molecule has 1 heterocycles. The number of fused-ring (bicyclic) bond motifs is 1. The van der Waals surface area contributed by atoms with Crippen molar-refractivity contribution in [2.24, 2.45) is 0 Å². The monoisotopic (exact) mass is 605 g/mol. The second-order valence-corrected chi connectivity index (χ2v) is 10.4. The number of hydrogen-bond acceptors (Lipinski definition) is 4. The van der Waals surface area contributed by atoms with Crippen LogP contribution in [0.15, 0.2) is 96.8 Å². The smallest absolute Gasteiger partial charge is 0.247 e. The first-order valence-corrected chi connectivity index (χ1v) is 14.7. The Morgan fingerprint density at radius 2 is 1.54 bits per heavy atom. The van der Waals surface area contributed by atoms with Crippen molar-refractivity contribution in [3.63, 3.8) is 0 Å². The van der Waals surface area contributed by atoms with Crippen LogP contribution in [0.1, 0.15) is 34.7 Å². The molecule has 0 spiro atoms. The van der Waals surface area contributed by atoms with Crippen LogP contribution in [0.25, 0.3) is 0 Å². The number of carbonyl (C=O) groups excluding carboxylic acids is 1. The summed E-state index contributed by atoms with van der Waals surface area (Å²) in [5, 5.41) is 0. The molecule has 0 N–H and O–H groups in total. The van der Waals surface area contributed by atoms with E-state index in [1.54, 1.807) is 11.0 Å². The predicted octanol–water partition coefficient (Wildman–Crippen LogP) is 6.54. The lowest BCUT2D eigenvalue weighted by molar-refractivity contribution is -0.120. The zero-order valence-corrected chi connectivity index (χ0v) is 26.1. The second-order valence-electron chi connectivity index (χ2n) is 10.4. The lowest BCUT2D eigenvalue weighted by Gasteiger charge is -2.31. The number of hydrogen-bond donors (Lipinski definition) is 0. The Kier molecular flexibility index (Phi) is 10.8. The van der Waals surface area contributed by atoms with Crippen LogP contribution < -0.4 is 14.4 Å². The molecule has 3 aromatic rings. The van der Waals surface area contributed by atoms with Gasteiger partial charge in [-0.3, -0.25) is 9.69 Å². The van der Waals surface area contributed by atoms with Gasteiger partial charge >= 0.3 is 0 Å². The van der Waals surface area contributed by atoms with Crippen LogP contribution in [0.2, 0.25) is 0 Å². The van der Waals surface area contributed by atoms with Gasteiger partial charge in [0.05, 0.1) is 6.54 Å². The molecule has 4 rings (SSSR count). The van der Waals surface area contributed by atoms with Gasteiger partial charge in [0.25, 0.3) is 0 Å². The summed E-state index contributed by atoms with van der Waals surface area (Å²) in [5.41, 5.74) is 4.24. The van der Waals surface area contributed by atoms with E-state index in [1.165, 1.54) is 0 Å². The topological polar surface area (TPSA) is 48.0 Å². The summed E-state index contributed by atoms with van der Waals surface area (Å²) in [6.45, 7) is 8.11. The van der Waals surface area contributed by atoms with Crippen LogP contribution in [0.4, 0.5) is 5.69 Å². The molecule has 0 fully saturated rings. The minimum atomic E-state index is -1.24. The van der Waals surface area contributed by atoms with Gasteiger partial charge in [0.15, 0.2) is 0 Å². The Labute approximate surface area is 272 Å². The van der Waals surface area contributed by atoms with E-state index in [0.29, 0.717) is 23.7 Å². The summed E-state index contributed by atoms with van der Waals surface area (Å²) in [4.78, 5) is 16.5. The fourth-order valence-corrected chi connectivity index (χ4v) is 5.86. The number of anilines is 1. The van der Waals surface area contributed by atoms with Crippen LogP contribution in [-0.4, -0.2) is 32.3 Å². The molecule has 0 saturated heterocycles. The van der Waals surface area contributed by atoms with Gasteiger partial charge in [-0.25, -0.2) is 0 Å². The van der Waals surface area contributed by atoms with Crippen LogP contribution in [0, 0.1) is 56.3 Å². The number of aryl methyl sites for hydroxylation is 1. The number of rotatable bonds is 13. The highest BCUT2D eigenvalue weighted by molar-refractivity contribution is 6.13. The molecule has 3 aromatic carbocycles. The van der Waals surface area contributed by atoms with E-state index < -0.39 is 5.41 Å². The predicted molar refractivity (Wildman–Crippen MR) is 184 cm³/mol. The van der Waals surface area contributed by atoms with E-state index in [4.69, 9.17) is 39.9 Å². The second kappa shape index (κ2) is 15.1. The molecule has 0 radical (unpaired) electrons. The summed E-state index contributed by atoms with van der Waals surface area (Å²) in [6, 6.07) is 19.2. The van der Waals surface area contributed by atoms with Gasteiger partial charge in [-0.1, -0.05) is 84.9 Å². The number of amides is 1. The maximum atomic E-state index is 14.9. The van der Waals surface area contributed by atoms with Crippen molar-refractivity contribution in [1.29, 1.82) is 0 Å². The summed E-state index contributed by atoms with van der Waals surface area (Å²) in [6.07, 6.45) is 28.0. The first kappa shape index (κ1) is 32.9. The molecule has 1 atom stereocenters. The molecule has 1 aliphatic rings. The van der Waals surface area contributed by atoms with Gasteiger partial charge in [0.2, 0.25) is 5.91 Å². The summed E-state index contributed by atoms with van der Waals surface area (Å²) in [7, 11) is 0. The van der Waals surface area contributed by atoms with Crippen LogP contribution >= 0.6 is 0 Å². The van der Waals surface area contributed by atoms with Gasteiger partial charge in [-0.05, 0) is 65.9 Å². The number of carbonyl (C=O) groups is 1. The van der Waals surface area contributed by atoms with Gasteiger partial charge < -0.3 is 14.2 Å². The van der Waals surface area contributed by atoms with E-state index >= 15 is 0 Å². The zero-order valence-electron chi connectivity index (χ0n) is 26.1. The quantitative estimate of drug-likeness (QED) is 0.126. The normalized spacial score (nSPS) is 15.5. The Morgan fingerprint density at radius 1 is 0.891 bits per heavy atom. The summed E-state index contributed by atoms with van der Waals surface area (Å²) < 4.78 is 17.6. The van der Waals surface area contributed by atoms with Crippen molar-refractivity contribution >= 4 is 11.6 Å². The maximum Gasteiger partial charge on any atom is 0.247 e. The van der Waals surface area contributed by atoms with Gasteiger partial charge in [0.1, 0.15) is 42.5 Å². The fraction of sp³-hybridized carbons (Fsp3) is 0.195. The number of nitrogens with zero attached hydrogens (tertiary/aromatic N) is 1. The minimum Gasteiger partial charge on any atom is -0.481 e. The van der Waals surface area contributed by atoms with Gasteiger partial charge in [-0.2, -0.15) is 0 Å². The average molecular weight is 606 g/mol. The molecule has 0 aliphatic carbocycles. The van der Waals surface area contributed by atoms with E-state index in [0.717, 1.165) is 39.1 Å². The number of ether oxygens (including phenoxy) is 3. The molecular formula is C41H35NO4. The average Bonchev–Trinajstić information content (AvgIpc) is 3.32. The maximum absolute atomic E-state index is 14.9. The third-order valence-electron chi connectivity index (χ3n) is 7.73. The highest BCUT2D eigenvalue weighted by Gasteiger charge is 2.53. The number of terminal acetylenes is 4. The highest BCUT2D eigenvalue weighted by Crippen LogP contribution is 2.51. The van der Waals surface area contributed by atoms with Crippen molar-refractivity contribution in [1.82, 2.24) is 0 Å². The Bertz CT molecular complexity index is 1870. The zero-order chi connectivity index (χ0) is 33.1. The molecule has 5 heteroatoms. The van der Waals surface area contributed by atoms with Crippen LogP contribution in [0.5, 0.6) is 11.5 Å². The molecule has 1 unspecified atom stereocenters. The Hall–Kier alpha value is -6.01. The van der Waals surface area contributed by atoms with Crippen LogP contribution in [-0.2, 0) is 21.4 Å². The molecule has 0 bridgehead atoms. The number of benzene rings is 3. The SMILES string of the molecule is C#CCOC(=C/C)/C(=C\C=C)Cc1cc(C2(c3ccc(OCC#C)c(C)c3)C(=O)N(CC#C)c3ccccc32)ccc1OCC#C. The van der Waals surface area contributed by atoms with Crippen molar-refractivity contribution in [3.8, 4) is 60.9 Å². The molecule has 5 nitrogen and oxygen atoms in total. The van der Waals surface area contributed by atoms with Gasteiger partial charge in [-0.15, -0.1) is 25.7 Å². The third kappa shape index (κ3) is 6.28. The molecule has 0 saturated carbocycles. The molecule has 1 amide bonds. The number of para-hydroxylation sites is 1. The lowest BCUT2D eigenvalue weighted by atomic mass is 9.69. The van der Waals surface area contributed by atoms with E-state index in [1.807, 2.05) is 86.7 Å². The largest absolute Gasteiger partial charge is 0.481 e. The fourth-order valence-electron chi connectivity index (χ4n) is 5.86. The van der Waals surface area contributed by atoms with Crippen molar-refractivity contribution in [2.45, 2.75) is 25.7 Å². The molecule has 46 heavy (non-hydrogen) atoms. The number of allylic oxidation sites excluding steroid dienone is 4. The van der Waals surface area contributed by atoms with E-state index in [2.05, 4.69) is 30.3 Å². The Balaban J connectivity index is 2.01. The molecular weight excluding hydrogens is 570 g/mol. The van der Waals surface area contributed by atoms with E-state index in [9.17, 15) is 4.79 Å². The standard InChI is InChI=1S/C41H35NO4/c1-8-16-31(37(13-6)44-24-10-3)28-32-29-34(20-22-39(32)46-26-12-5)41(33-19-21-38(30(7)27-33)45-25-11-4)35-17-14-15-18-36(35)42(23-9-2)40(41)43/h2-5,8,13-22,27,29H,1,23-26,28H2,6-7H3/b31-16-,37-13+. The summed E-state index contributed by atoms with van der Waals surface area (Å²) >= 11 is 0.